The van der Waals surface area contributed by atoms with Gasteiger partial charge in [-0.1, -0.05) is 18.2 Å². The predicted molar refractivity (Wildman–Crippen MR) is 164 cm³/mol. The number of aliphatic hydroxyl groups excluding tert-OH is 2. The number of benzene rings is 1. The van der Waals surface area contributed by atoms with Crippen LogP contribution < -0.4 is 5.32 Å². The summed E-state index contributed by atoms with van der Waals surface area (Å²) < 4.78 is 27.8. The van der Waals surface area contributed by atoms with E-state index in [-0.39, 0.29) is 57.3 Å². The fraction of sp³-hybridized carbons (Fsp3) is 0.576. The number of likely N-dealkylation sites (tertiary alicyclic amines) is 1. The van der Waals surface area contributed by atoms with E-state index < -0.39 is 53.8 Å². The van der Waals surface area contributed by atoms with Crippen LogP contribution in [0.4, 0.5) is 0 Å². The fourth-order valence-corrected chi connectivity index (χ4v) is 5.64. The maximum atomic E-state index is 13.8. The number of rotatable bonds is 13. The smallest absolute Gasteiger partial charge is 0.339 e. The van der Waals surface area contributed by atoms with E-state index in [0.29, 0.717) is 30.5 Å². The van der Waals surface area contributed by atoms with Gasteiger partial charge in [0.15, 0.2) is 0 Å². The molecule has 0 spiro atoms. The van der Waals surface area contributed by atoms with Gasteiger partial charge in [0, 0.05) is 25.0 Å². The van der Waals surface area contributed by atoms with Gasteiger partial charge in [0.2, 0.25) is 11.8 Å². The second-order valence-electron chi connectivity index (χ2n) is 12.4. The first kappa shape index (κ1) is 35.1. The Morgan fingerprint density at radius 2 is 1.93 bits per heavy atom. The zero-order valence-corrected chi connectivity index (χ0v) is 26.5. The van der Waals surface area contributed by atoms with Crippen LogP contribution in [0, 0.1) is 0 Å². The van der Waals surface area contributed by atoms with Gasteiger partial charge in [-0.3, -0.25) is 14.4 Å². The van der Waals surface area contributed by atoms with Crippen LogP contribution in [-0.4, -0.2) is 108 Å². The van der Waals surface area contributed by atoms with Crippen molar-refractivity contribution in [1.82, 2.24) is 10.2 Å². The summed E-state index contributed by atoms with van der Waals surface area (Å²) in [5.74, 6) is -1.83. The van der Waals surface area contributed by atoms with Crippen LogP contribution in [0.1, 0.15) is 68.8 Å². The molecule has 1 aromatic carbocycles. The Kier molecular flexibility index (Phi) is 12.3. The second kappa shape index (κ2) is 16.2. The Bertz CT molecular complexity index is 1300. The number of fused-ring (bicyclic) bond motifs is 1. The Morgan fingerprint density at radius 3 is 2.67 bits per heavy atom. The number of aliphatic hydroxyl groups is 2. The number of carbonyl (C=O) groups excluding carboxylic acids is 4. The lowest BCUT2D eigenvalue weighted by Crippen LogP contribution is -2.51. The molecule has 5 atom stereocenters. The molecule has 0 unspecified atom stereocenters. The van der Waals surface area contributed by atoms with Gasteiger partial charge in [-0.25, -0.2) is 4.79 Å². The van der Waals surface area contributed by atoms with E-state index in [4.69, 9.17) is 28.8 Å². The van der Waals surface area contributed by atoms with E-state index >= 15 is 0 Å². The van der Waals surface area contributed by atoms with Crippen molar-refractivity contribution in [2.45, 2.75) is 88.9 Å². The van der Waals surface area contributed by atoms with Crippen molar-refractivity contribution in [3.8, 4) is 0 Å². The maximum Gasteiger partial charge on any atom is 0.339 e. The molecular weight excluding hydrogens is 600 g/mol. The Balaban J connectivity index is 1.41. The third kappa shape index (κ3) is 9.38. The third-order valence-corrected chi connectivity index (χ3v) is 7.76. The minimum Gasteiger partial charge on any atom is -0.499 e. The molecule has 46 heavy (non-hydrogen) atoms. The van der Waals surface area contributed by atoms with Gasteiger partial charge < -0.3 is 44.1 Å². The van der Waals surface area contributed by atoms with E-state index in [2.05, 4.69) is 5.32 Å². The second-order valence-corrected chi connectivity index (χ2v) is 12.4. The first-order chi connectivity index (χ1) is 22.0. The van der Waals surface area contributed by atoms with Crippen LogP contribution in [0.3, 0.4) is 0 Å². The van der Waals surface area contributed by atoms with Gasteiger partial charge >= 0.3 is 11.9 Å². The molecule has 1 aliphatic carbocycles. The highest BCUT2D eigenvalue weighted by Gasteiger charge is 2.45. The molecular formula is C33H44N2O11. The molecule has 2 saturated heterocycles. The predicted octanol–water partition coefficient (Wildman–Crippen LogP) is 1.85. The Hall–Kier alpha value is -3.78. The van der Waals surface area contributed by atoms with E-state index in [1.165, 1.54) is 11.2 Å². The van der Waals surface area contributed by atoms with Crippen LogP contribution in [-0.2, 0) is 38.1 Å². The van der Waals surface area contributed by atoms with Crippen LogP contribution in [0.15, 0.2) is 42.2 Å². The van der Waals surface area contributed by atoms with E-state index in [1.807, 2.05) is 0 Å². The molecule has 2 heterocycles. The van der Waals surface area contributed by atoms with Crippen molar-refractivity contribution in [2.75, 3.05) is 33.2 Å². The molecule has 13 nitrogen and oxygen atoms in total. The van der Waals surface area contributed by atoms with Crippen molar-refractivity contribution >= 4 is 29.8 Å². The minimum atomic E-state index is -0.826. The molecule has 0 saturated carbocycles. The lowest BCUT2D eigenvalue weighted by Gasteiger charge is -2.33. The molecule has 3 aliphatic rings. The highest BCUT2D eigenvalue weighted by molar-refractivity contribution is 5.98. The lowest BCUT2D eigenvalue weighted by molar-refractivity contribution is -0.155. The lowest BCUT2D eigenvalue weighted by atomic mass is 9.91. The number of ether oxygens (including phenoxy) is 5. The molecule has 2 amide bonds. The molecule has 2 aliphatic heterocycles. The summed E-state index contributed by atoms with van der Waals surface area (Å²) in [4.78, 5) is 54.1. The highest BCUT2D eigenvalue weighted by Crippen LogP contribution is 2.33. The standard InChI is InChI=1S/C33H44N2O11/c1-33(2,3)46-28(38)11-10-23(19-37)34-30(39)25-9-6-13-35(25)31(40)22-17-26-29(44-20-43-26)27(18-22)45-32(41)24-8-5-4-7-21(24)12-15-42-16-14-36/h4-5,7-8,12,15,17,23,25-27,29,36-37H,6,9-11,13-14,16,18-20H2,1-3H3,(H,34,39)/t23-,25+,26+,27+,29+/m0/s1. The topological polar surface area (TPSA) is 170 Å². The molecule has 0 bridgehead atoms. The van der Waals surface area contributed by atoms with Gasteiger partial charge in [0.1, 0.15) is 43.4 Å². The maximum absolute atomic E-state index is 13.8. The quantitative estimate of drug-likeness (QED) is 0.163. The first-order valence-corrected chi connectivity index (χ1v) is 15.6. The molecule has 4 rings (SSSR count). The van der Waals surface area contributed by atoms with Gasteiger partial charge in [0.25, 0.3) is 0 Å². The molecule has 0 radical (unpaired) electrons. The molecule has 0 aromatic heterocycles. The van der Waals surface area contributed by atoms with Crippen LogP contribution in [0.25, 0.3) is 6.08 Å². The molecule has 3 N–H and O–H groups in total. The van der Waals surface area contributed by atoms with Crippen LogP contribution in [0.5, 0.6) is 0 Å². The summed E-state index contributed by atoms with van der Waals surface area (Å²) in [5, 5.41) is 21.5. The number of carbonyl (C=O) groups is 4. The van der Waals surface area contributed by atoms with Crippen molar-refractivity contribution in [2.24, 2.45) is 0 Å². The number of nitrogens with one attached hydrogen (secondary N) is 1. The van der Waals surface area contributed by atoms with Crippen molar-refractivity contribution in [3.05, 3.63) is 53.3 Å². The number of hydrogen-bond donors (Lipinski definition) is 3. The monoisotopic (exact) mass is 644 g/mol. The van der Waals surface area contributed by atoms with Gasteiger partial charge in [-0.15, -0.1) is 0 Å². The van der Waals surface area contributed by atoms with Crippen molar-refractivity contribution < 1.29 is 53.1 Å². The molecule has 13 heteroatoms. The molecule has 1 aromatic rings. The van der Waals surface area contributed by atoms with E-state index in [9.17, 15) is 24.3 Å². The number of nitrogens with zero attached hydrogens (tertiary/aromatic N) is 1. The van der Waals surface area contributed by atoms with Gasteiger partial charge in [-0.05, 0) is 63.8 Å². The number of amides is 2. The summed E-state index contributed by atoms with van der Waals surface area (Å²) in [5.41, 5.74) is 0.536. The third-order valence-electron chi connectivity index (χ3n) is 7.76. The normalized spacial score (nSPS) is 23.4. The molecule has 2 fully saturated rings. The zero-order chi connectivity index (χ0) is 33.3. The van der Waals surface area contributed by atoms with Crippen molar-refractivity contribution in [1.29, 1.82) is 0 Å². The van der Waals surface area contributed by atoms with Crippen molar-refractivity contribution in [3.63, 3.8) is 0 Å². The van der Waals surface area contributed by atoms with Crippen LogP contribution >= 0.6 is 0 Å². The summed E-state index contributed by atoms with van der Waals surface area (Å²) >= 11 is 0. The van der Waals surface area contributed by atoms with Gasteiger partial charge in [-0.2, -0.15) is 0 Å². The minimum absolute atomic E-state index is 0.0198. The first-order valence-electron chi connectivity index (χ1n) is 15.6. The average molecular weight is 645 g/mol. The van der Waals surface area contributed by atoms with Gasteiger partial charge in [0.05, 0.1) is 31.1 Å². The van der Waals surface area contributed by atoms with E-state index in [1.54, 1.807) is 57.2 Å². The number of esters is 2. The summed E-state index contributed by atoms with van der Waals surface area (Å²) in [6, 6.07) is 5.35. The highest BCUT2D eigenvalue weighted by atomic mass is 16.7. The Labute approximate surface area is 268 Å². The molecule has 252 valence electrons. The zero-order valence-electron chi connectivity index (χ0n) is 26.5. The summed E-state index contributed by atoms with van der Waals surface area (Å²) in [6.45, 7) is 5.21. The fourth-order valence-electron chi connectivity index (χ4n) is 5.64. The average Bonchev–Trinajstić information content (AvgIpc) is 3.71. The SMILES string of the molecule is CC(C)(C)OC(=O)CC[C@@H](CO)NC(=O)[C@H]1CCCN1C(=O)C1=C[C@H]2OCO[C@H]2[C@H](OC(=O)c2ccccc2C=COCCO)C1. The summed E-state index contributed by atoms with van der Waals surface area (Å²) in [7, 11) is 0. The van der Waals surface area contributed by atoms with Crippen LogP contribution in [0.2, 0.25) is 0 Å². The van der Waals surface area contributed by atoms with E-state index in [0.717, 1.165) is 0 Å². The largest absolute Gasteiger partial charge is 0.499 e. The Morgan fingerprint density at radius 1 is 1.15 bits per heavy atom. The summed E-state index contributed by atoms with van der Waals surface area (Å²) in [6.07, 6.45) is 3.91. The number of hydrogen-bond acceptors (Lipinski definition) is 11.